The van der Waals surface area contributed by atoms with Gasteiger partial charge >= 0.3 is 0 Å². The van der Waals surface area contributed by atoms with E-state index in [-0.39, 0.29) is 5.91 Å². The fraction of sp³-hybridized carbons (Fsp3) is 0.235. The summed E-state index contributed by atoms with van der Waals surface area (Å²) in [5.74, 6) is 2.17. The fourth-order valence-corrected chi connectivity index (χ4v) is 2.92. The van der Waals surface area contributed by atoms with Crippen LogP contribution in [0.5, 0.6) is 5.75 Å². The first-order chi connectivity index (χ1) is 10.7. The molecule has 0 aliphatic rings. The lowest BCUT2D eigenvalue weighted by Gasteiger charge is -2.06. The molecule has 5 heteroatoms. The van der Waals surface area contributed by atoms with Crippen molar-refractivity contribution in [2.24, 2.45) is 0 Å². The van der Waals surface area contributed by atoms with Gasteiger partial charge in [0.15, 0.2) is 0 Å². The van der Waals surface area contributed by atoms with Gasteiger partial charge in [0.2, 0.25) is 5.91 Å². The first-order valence-corrected chi connectivity index (χ1v) is 8.84. The summed E-state index contributed by atoms with van der Waals surface area (Å²) in [4.78, 5) is 11.8. The Kier molecular flexibility index (Phi) is 6.80. The first kappa shape index (κ1) is 16.9. The van der Waals surface area contributed by atoms with Crippen LogP contribution in [0.3, 0.4) is 0 Å². The van der Waals surface area contributed by atoms with E-state index < -0.39 is 0 Å². The normalized spacial score (nSPS) is 10.3. The van der Waals surface area contributed by atoms with Crippen molar-refractivity contribution in [1.82, 2.24) is 5.32 Å². The minimum absolute atomic E-state index is 0.0536. The van der Waals surface area contributed by atoms with Gasteiger partial charge in [-0.25, -0.2) is 0 Å². The number of nitrogens with one attached hydrogen (secondary N) is 1. The van der Waals surface area contributed by atoms with Gasteiger partial charge in [-0.2, -0.15) is 0 Å². The number of ether oxygens (including phenoxy) is 1. The second-order valence-corrected chi connectivity index (χ2v) is 6.65. The lowest BCUT2D eigenvalue weighted by Crippen LogP contribution is -2.24. The highest BCUT2D eigenvalue weighted by Crippen LogP contribution is 2.16. The lowest BCUT2D eigenvalue weighted by atomic mass is 10.2. The van der Waals surface area contributed by atoms with Crippen molar-refractivity contribution in [2.75, 3.05) is 12.9 Å². The standard InChI is InChI=1S/C17H18BrNO2S/c1-21-16-8-4-13(5-9-16)10-19-17(20)12-22-11-14-2-6-15(18)7-3-14/h2-9H,10-12H2,1H3,(H,19,20). The smallest absolute Gasteiger partial charge is 0.230 e. The molecule has 0 aromatic heterocycles. The summed E-state index contributed by atoms with van der Waals surface area (Å²) in [6, 6.07) is 15.8. The number of hydrogen-bond acceptors (Lipinski definition) is 3. The molecular weight excluding hydrogens is 362 g/mol. The van der Waals surface area contributed by atoms with E-state index >= 15 is 0 Å². The van der Waals surface area contributed by atoms with Gasteiger partial charge in [-0.1, -0.05) is 40.2 Å². The Morgan fingerprint density at radius 2 is 1.73 bits per heavy atom. The number of rotatable bonds is 7. The Labute approximate surface area is 143 Å². The number of thioether (sulfide) groups is 1. The van der Waals surface area contributed by atoms with E-state index in [0.29, 0.717) is 12.3 Å². The average molecular weight is 380 g/mol. The summed E-state index contributed by atoms with van der Waals surface area (Å²) >= 11 is 5.02. The second kappa shape index (κ2) is 8.86. The molecule has 0 spiro atoms. The molecule has 0 bridgehead atoms. The molecule has 0 fully saturated rings. The molecule has 0 aliphatic carbocycles. The number of carbonyl (C=O) groups is 1. The molecule has 0 heterocycles. The van der Waals surface area contributed by atoms with Crippen molar-refractivity contribution in [3.63, 3.8) is 0 Å². The maximum atomic E-state index is 11.8. The largest absolute Gasteiger partial charge is 0.497 e. The van der Waals surface area contributed by atoms with E-state index in [1.807, 2.05) is 36.4 Å². The molecule has 3 nitrogen and oxygen atoms in total. The van der Waals surface area contributed by atoms with Gasteiger partial charge in [0.25, 0.3) is 0 Å². The topological polar surface area (TPSA) is 38.3 Å². The van der Waals surface area contributed by atoms with Gasteiger partial charge in [0.05, 0.1) is 12.9 Å². The van der Waals surface area contributed by atoms with Crippen molar-refractivity contribution < 1.29 is 9.53 Å². The van der Waals surface area contributed by atoms with Crippen LogP contribution in [0.25, 0.3) is 0 Å². The van der Waals surface area contributed by atoms with Crippen LogP contribution >= 0.6 is 27.7 Å². The highest BCUT2D eigenvalue weighted by molar-refractivity contribution is 9.10. The van der Waals surface area contributed by atoms with Crippen molar-refractivity contribution in [3.05, 3.63) is 64.1 Å². The quantitative estimate of drug-likeness (QED) is 0.789. The third-order valence-electron chi connectivity index (χ3n) is 3.06. The highest BCUT2D eigenvalue weighted by Gasteiger charge is 2.02. The Morgan fingerprint density at radius 1 is 1.09 bits per heavy atom. The third kappa shape index (κ3) is 5.73. The van der Waals surface area contributed by atoms with Crippen LogP contribution in [0.2, 0.25) is 0 Å². The Bertz CT molecular complexity index is 599. The molecule has 1 amide bonds. The molecule has 116 valence electrons. The summed E-state index contributed by atoms with van der Waals surface area (Å²) in [6.07, 6.45) is 0. The van der Waals surface area contributed by atoms with Crippen LogP contribution in [0.1, 0.15) is 11.1 Å². The van der Waals surface area contributed by atoms with Gasteiger partial charge in [0, 0.05) is 16.8 Å². The average Bonchev–Trinajstić information content (AvgIpc) is 2.55. The fourth-order valence-electron chi connectivity index (χ4n) is 1.84. The minimum Gasteiger partial charge on any atom is -0.497 e. The summed E-state index contributed by atoms with van der Waals surface area (Å²) in [5, 5.41) is 2.92. The number of amides is 1. The third-order valence-corrected chi connectivity index (χ3v) is 4.60. The Morgan fingerprint density at radius 3 is 2.36 bits per heavy atom. The molecule has 2 rings (SSSR count). The molecule has 1 N–H and O–H groups in total. The number of halogens is 1. The molecular formula is C17H18BrNO2S. The minimum atomic E-state index is 0.0536. The van der Waals surface area contributed by atoms with E-state index in [2.05, 4.69) is 33.4 Å². The van der Waals surface area contributed by atoms with Crippen molar-refractivity contribution >= 4 is 33.6 Å². The van der Waals surface area contributed by atoms with Crippen LogP contribution in [0, 0.1) is 0 Å². The second-order valence-electron chi connectivity index (χ2n) is 4.74. The van der Waals surface area contributed by atoms with Crippen LogP contribution in [-0.4, -0.2) is 18.8 Å². The van der Waals surface area contributed by atoms with E-state index in [4.69, 9.17) is 4.74 Å². The number of methoxy groups -OCH3 is 1. The van der Waals surface area contributed by atoms with E-state index in [1.54, 1.807) is 18.9 Å². The number of carbonyl (C=O) groups excluding carboxylic acids is 1. The van der Waals surface area contributed by atoms with E-state index in [9.17, 15) is 4.79 Å². The van der Waals surface area contributed by atoms with E-state index in [1.165, 1.54) is 5.56 Å². The first-order valence-electron chi connectivity index (χ1n) is 6.89. The van der Waals surface area contributed by atoms with Gasteiger partial charge in [-0.05, 0) is 35.4 Å². The van der Waals surface area contributed by atoms with Crippen LogP contribution in [-0.2, 0) is 17.1 Å². The zero-order chi connectivity index (χ0) is 15.8. The molecule has 0 saturated heterocycles. The van der Waals surface area contributed by atoms with Gasteiger partial charge in [0.1, 0.15) is 5.75 Å². The molecule has 2 aromatic rings. The predicted octanol–water partition coefficient (Wildman–Crippen LogP) is 4.01. The summed E-state index contributed by atoms with van der Waals surface area (Å²) in [5.41, 5.74) is 2.28. The van der Waals surface area contributed by atoms with Gasteiger partial charge < -0.3 is 10.1 Å². The van der Waals surface area contributed by atoms with Crippen LogP contribution in [0.4, 0.5) is 0 Å². The van der Waals surface area contributed by atoms with Crippen LogP contribution < -0.4 is 10.1 Å². The van der Waals surface area contributed by atoms with Crippen molar-refractivity contribution in [2.45, 2.75) is 12.3 Å². The predicted molar refractivity (Wildman–Crippen MR) is 95.1 cm³/mol. The Balaban J connectivity index is 1.68. The van der Waals surface area contributed by atoms with Crippen LogP contribution in [0.15, 0.2) is 53.0 Å². The molecule has 0 unspecified atom stereocenters. The summed E-state index contributed by atoms with van der Waals surface area (Å²) < 4.78 is 6.17. The van der Waals surface area contributed by atoms with Crippen molar-refractivity contribution in [3.8, 4) is 5.75 Å². The maximum Gasteiger partial charge on any atom is 0.230 e. The van der Waals surface area contributed by atoms with Crippen molar-refractivity contribution in [1.29, 1.82) is 0 Å². The molecule has 22 heavy (non-hydrogen) atoms. The van der Waals surface area contributed by atoms with Gasteiger partial charge in [-0.15, -0.1) is 11.8 Å². The Hall–Kier alpha value is -1.46. The summed E-state index contributed by atoms with van der Waals surface area (Å²) in [7, 11) is 1.64. The molecule has 0 radical (unpaired) electrons. The van der Waals surface area contributed by atoms with Gasteiger partial charge in [-0.3, -0.25) is 4.79 Å². The number of hydrogen-bond donors (Lipinski definition) is 1. The molecule has 0 atom stereocenters. The summed E-state index contributed by atoms with van der Waals surface area (Å²) in [6.45, 7) is 0.543. The molecule has 2 aromatic carbocycles. The number of benzene rings is 2. The zero-order valence-electron chi connectivity index (χ0n) is 12.3. The van der Waals surface area contributed by atoms with E-state index in [0.717, 1.165) is 21.5 Å². The highest BCUT2D eigenvalue weighted by atomic mass is 79.9. The molecule has 0 aliphatic heterocycles. The zero-order valence-corrected chi connectivity index (χ0v) is 14.7. The molecule has 0 saturated carbocycles. The SMILES string of the molecule is COc1ccc(CNC(=O)CSCc2ccc(Br)cc2)cc1. The lowest BCUT2D eigenvalue weighted by molar-refractivity contribution is -0.118. The monoisotopic (exact) mass is 379 g/mol. The maximum absolute atomic E-state index is 11.8.